The van der Waals surface area contributed by atoms with Crippen molar-refractivity contribution in [2.75, 3.05) is 47.0 Å². The second-order valence-corrected chi connectivity index (χ2v) is 12.5. The minimum Gasteiger partial charge on any atom is -0.466 e. The van der Waals surface area contributed by atoms with Gasteiger partial charge in [-0.25, -0.2) is 28.1 Å². The van der Waals surface area contributed by atoms with E-state index in [2.05, 4.69) is 64.1 Å². The van der Waals surface area contributed by atoms with Crippen molar-refractivity contribution >= 4 is 18.0 Å². The highest BCUT2D eigenvalue weighted by molar-refractivity contribution is 6.01. The van der Waals surface area contributed by atoms with Crippen LogP contribution in [0.25, 0.3) is 0 Å². The second kappa shape index (κ2) is 14.2. The first kappa shape index (κ1) is 33.3. The van der Waals surface area contributed by atoms with E-state index in [0.29, 0.717) is 6.42 Å². The molecular weight excluding hydrogens is 618 g/mol. The van der Waals surface area contributed by atoms with E-state index in [1.807, 2.05) is 0 Å². The van der Waals surface area contributed by atoms with Crippen molar-refractivity contribution in [2.24, 2.45) is 0 Å². The van der Waals surface area contributed by atoms with Gasteiger partial charge in [-0.15, -0.1) is 0 Å². The fraction of sp³-hybridized carbons (Fsp3) is 0.378. The molecule has 0 saturated carbocycles. The average Bonchev–Trinajstić information content (AvgIpc) is 3.23. The van der Waals surface area contributed by atoms with Gasteiger partial charge < -0.3 is 25.0 Å². The first-order valence-corrected chi connectivity index (χ1v) is 16.3. The number of methoxy groups -OCH3 is 2. The molecule has 1 aliphatic carbocycles. The Labute approximate surface area is 278 Å². The lowest BCUT2D eigenvalue weighted by Gasteiger charge is -2.44. The Kier molecular flexibility index (Phi) is 9.88. The summed E-state index contributed by atoms with van der Waals surface area (Å²) in [5.41, 5.74) is 5.66. The molecule has 1 fully saturated rings. The first-order chi connectivity index (χ1) is 23.3. The summed E-state index contributed by atoms with van der Waals surface area (Å²) < 4.78 is 38.3. The Bertz CT molecular complexity index is 1690. The maximum atomic E-state index is 14.4. The molecule has 2 heterocycles. The number of urea groups is 2. The summed E-state index contributed by atoms with van der Waals surface area (Å²) in [6.45, 7) is 2.62. The lowest BCUT2D eigenvalue weighted by Crippen LogP contribution is -2.55. The molecule has 6 rings (SSSR count). The molecule has 1 saturated heterocycles. The van der Waals surface area contributed by atoms with E-state index in [0.717, 1.165) is 69.5 Å². The lowest BCUT2D eigenvalue weighted by atomic mass is 9.66. The third-order valence-corrected chi connectivity index (χ3v) is 9.87. The number of halogens is 2. The van der Waals surface area contributed by atoms with Crippen molar-refractivity contribution in [3.8, 4) is 0 Å². The van der Waals surface area contributed by atoms with Crippen LogP contribution in [0.15, 0.2) is 78.0 Å². The zero-order chi connectivity index (χ0) is 33.8. The number of hydrogen-bond donors (Lipinski definition) is 2. The number of carbonyl (C=O) groups excluding carboxylic acids is 3. The SMILES string of the molecule is COCC1=C(C(=O)OC)[C@H](c2ccc(F)c(F)c2)N(C(=O)NCCCN2CCC3(CC2)c2ccccc2CCc2ccccc23)C(=O)N1. The number of fused-ring (bicyclic) bond motifs is 4. The normalized spacial score (nSPS) is 18.9. The maximum absolute atomic E-state index is 14.4. The Morgan fingerprint density at radius 1 is 0.938 bits per heavy atom. The predicted octanol–water partition coefficient (Wildman–Crippen LogP) is 5.39. The summed E-state index contributed by atoms with van der Waals surface area (Å²) in [4.78, 5) is 43.0. The number of nitrogens with zero attached hydrogens (tertiary/aromatic N) is 2. The highest BCUT2D eigenvalue weighted by Gasteiger charge is 2.44. The number of benzene rings is 3. The number of esters is 1. The molecule has 3 aliphatic rings. The standard InChI is InChI=1S/C37H40F2N4O5/c1-47-23-31-32(34(44)48-2)33(26-14-15-29(38)30(39)22-26)43(36(46)41-31)35(45)40-18-7-19-42-20-16-37(17-21-42)27-10-5-3-8-24(27)12-13-25-9-4-6-11-28(25)37/h3-6,8-11,14-15,22,33H,7,12-13,16-21,23H2,1-2H3,(H,40,45)(H,41,46)/t33-/m0/s1. The van der Waals surface area contributed by atoms with Crippen molar-refractivity contribution in [1.82, 2.24) is 20.4 Å². The van der Waals surface area contributed by atoms with Crippen LogP contribution in [0.3, 0.4) is 0 Å². The van der Waals surface area contributed by atoms with E-state index in [9.17, 15) is 23.2 Å². The molecule has 252 valence electrons. The van der Waals surface area contributed by atoms with E-state index in [-0.39, 0.29) is 35.4 Å². The number of rotatable bonds is 8. The molecule has 0 unspecified atom stereocenters. The predicted molar refractivity (Wildman–Crippen MR) is 175 cm³/mol. The fourth-order valence-corrected chi connectivity index (χ4v) is 7.58. The number of nitrogens with one attached hydrogen (secondary N) is 2. The molecule has 0 bridgehead atoms. The smallest absolute Gasteiger partial charge is 0.338 e. The molecule has 2 N–H and O–H groups in total. The number of ether oxygens (including phenoxy) is 2. The molecule has 3 aromatic rings. The number of piperidine rings is 1. The first-order valence-electron chi connectivity index (χ1n) is 16.3. The zero-order valence-electron chi connectivity index (χ0n) is 27.2. The summed E-state index contributed by atoms with van der Waals surface area (Å²) in [6.07, 6.45) is 4.67. The van der Waals surface area contributed by atoms with E-state index >= 15 is 0 Å². The minimum absolute atomic E-state index is 0.0248. The average molecular weight is 659 g/mol. The number of imide groups is 1. The molecule has 4 amide bonds. The van der Waals surface area contributed by atoms with Gasteiger partial charge in [0, 0.05) is 19.1 Å². The molecule has 0 aromatic heterocycles. The monoisotopic (exact) mass is 658 g/mol. The summed E-state index contributed by atoms with van der Waals surface area (Å²) in [5.74, 6) is -3.14. The molecule has 9 nitrogen and oxygen atoms in total. The van der Waals surface area contributed by atoms with Gasteiger partial charge >= 0.3 is 18.0 Å². The molecule has 0 radical (unpaired) electrons. The van der Waals surface area contributed by atoms with Gasteiger partial charge in [0.15, 0.2) is 11.6 Å². The molecular formula is C37H40F2N4O5. The van der Waals surface area contributed by atoms with E-state index in [4.69, 9.17) is 9.47 Å². The van der Waals surface area contributed by atoms with Crippen molar-refractivity contribution < 1.29 is 32.6 Å². The second-order valence-electron chi connectivity index (χ2n) is 12.5. The summed E-state index contributed by atoms with van der Waals surface area (Å²) in [5, 5.41) is 5.32. The quantitative estimate of drug-likeness (QED) is 0.249. The van der Waals surface area contributed by atoms with Crippen molar-refractivity contribution in [3.05, 3.63) is 117 Å². The maximum Gasteiger partial charge on any atom is 0.338 e. The zero-order valence-corrected chi connectivity index (χ0v) is 27.2. The van der Waals surface area contributed by atoms with Crippen molar-refractivity contribution in [2.45, 2.75) is 43.6 Å². The van der Waals surface area contributed by atoms with Gasteiger partial charge in [0.2, 0.25) is 0 Å². The van der Waals surface area contributed by atoms with Gasteiger partial charge in [-0.3, -0.25) is 0 Å². The van der Waals surface area contributed by atoms with Crippen LogP contribution in [-0.2, 0) is 32.5 Å². The van der Waals surface area contributed by atoms with E-state index in [1.165, 1.54) is 35.4 Å². The Morgan fingerprint density at radius 2 is 1.58 bits per heavy atom. The molecule has 11 heteroatoms. The van der Waals surface area contributed by atoms with Crippen LogP contribution < -0.4 is 10.6 Å². The van der Waals surface area contributed by atoms with Gasteiger partial charge in [-0.1, -0.05) is 54.6 Å². The Balaban J connectivity index is 1.13. The summed E-state index contributed by atoms with van der Waals surface area (Å²) in [6, 6.07) is 17.6. The highest BCUT2D eigenvalue weighted by Crippen LogP contribution is 2.46. The van der Waals surface area contributed by atoms with Crippen molar-refractivity contribution in [1.29, 1.82) is 0 Å². The van der Waals surface area contributed by atoms with Crippen LogP contribution in [0.1, 0.15) is 53.1 Å². The van der Waals surface area contributed by atoms with Crippen LogP contribution in [0.2, 0.25) is 0 Å². The number of hydrogen-bond acceptors (Lipinski definition) is 6. The minimum atomic E-state index is -1.38. The number of likely N-dealkylation sites (tertiary alicyclic amines) is 1. The molecule has 3 aromatic carbocycles. The van der Waals surface area contributed by atoms with Crippen molar-refractivity contribution in [3.63, 3.8) is 0 Å². The molecule has 1 spiro atoms. The van der Waals surface area contributed by atoms with Gasteiger partial charge in [0.05, 0.1) is 25.0 Å². The number of carbonyl (C=O) groups is 3. The Morgan fingerprint density at radius 3 is 2.19 bits per heavy atom. The summed E-state index contributed by atoms with van der Waals surface area (Å²) >= 11 is 0. The van der Waals surface area contributed by atoms with Gasteiger partial charge in [0.25, 0.3) is 0 Å². The topological polar surface area (TPSA) is 100 Å². The Hall–Kier alpha value is -4.61. The van der Waals surface area contributed by atoms with Crippen LogP contribution in [0, 0.1) is 11.6 Å². The van der Waals surface area contributed by atoms with Gasteiger partial charge in [0.1, 0.15) is 6.04 Å². The highest BCUT2D eigenvalue weighted by atomic mass is 19.2. The van der Waals surface area contributed by atoms with Gasteiger partial charge in [-0.2, -0.15) is 0 Å². The van der Waals surface area contributed by atoms with Crippen LogP contribution >= 0.6 is 0 Å². The van der Waals surface area contributed by atoms with Crippen LogP contribution in [0.4, 0.5) is 18.4 Å². The molecule has 2 aliphatic heterocycles. The molecule has 48 heavy (non-hydrogen) atoms. The lowest BCUT2D eigenvalue weighted by molar-refractivity contribution is -0.137. The van der Waals surface area contributed by atoms with Crippen LogP contribution in [0.5, 0.6) is 0 Å². The molecule has 1 atom stereocenters. The third-order valence-electron chi connectivity index (χ3n) is 9.87. The number of aryl methyl sites for hydroxylation is 2. The fourth-order valence-electron chi connectivity index (χ4n) is 7.58. The van der Waals surface area contributed by atoms with Crippen LogP contribution in [-0.4, -0.2) is 74.8 Å². The van der Waals surface area contributed by atoms with E-state index < -0.39 is 35.7 Å². The van der Waals surface area contributed by atoms with E-state index in [1.54, 1.807) is 0 Å². The van der Waals surface area contributed by atoms with Gasteiger partial charge in [-0.05, 0) is 91.7 Å². The summed E-state index contributed by atoms with van der Waals surface area (Å²) in [7, 11) is 2.52. The third kappa shape index (κ3) is 6.32. The largest absolute Gasteiger partial charge is 0.466 e. The number of amides is 4.